The first-order chi connectivity index (χ1) is 13.8. The van der Waals surface area contributed by atoms with Gasteiger partial charge in [0.1, 0.15) is 0 Å². The number of ether oxygens (including phenoxy) is 1. The van der Waals surface area contributed by atoms with Crippen molar-refractivity contribution in [3.05, 3.63) is 60.4 Å². The zero-order valence-corrected chi connectivity index (χ0v) is 16.3. The lowest BCUT2D eigenvalue weighted by Gasteiger charge is -2.26. The fourth-order valence-corrected chi connectivity index (χ4v) is 4.36. The zero-order chi connectivity index (χ0) is 18.9. The molecule has 1 aliphatic rings. The van der Waals surface area contributed by atoms with E-state index in [1.54, 1.807) is 0 Å². The summed E-state index contributed by atoms with van der Waals surface area (Å²) < 4.78 is 9.94. The molecule has 0 radical (unpaired) electrons. The van der Waals surface area contributed by atoms with E-state index in [-0.39, 0.29) is 0 Å². The highest BCUT2D eigenvalue weighted by Crippen LogP contribution is 2.30. The van der Waals surface area contributed by atoms with Crippen molar-refractivity contribution in [3.63, 3.8) is 0 Å². The molecule has 3 heterocycles. The van der Waals surface area contributed by atoms with Crippen molar-refractivity contribution < 1.29 is 4.74 Å². The van der Waals surface area contributed by atoms with Gasteiger partial charge in [-0.25, -0.2) is 4.68 Å². The lowest BCUT2D eigenvalue weighted by molar-refractivity contribution is 0.0383. The van der Waals surface area contributed by atoms with E-state index in [0.29, 0.717) is 0 Å². The summed E-state index contributed by atoms with van der Waals surface area (Å²) in [6.07, 6.45) is 2.91. The SMILES string of the molecule is CCn1c2ccccc2c2cc(-n3nccc3CCN3CCOCC3)ccc21. The molecule has 5 heteroatoms. The van der Waals surface area contributed by atoms with E-state index in [4.69, 9.17) is 4.74 Å². The van der Waals surface area contributed by atoms with E-state index < -0.39 is 0 Å². The number of morpholine rings is 1. The molecule has 0 saturated carbocycles. The number of benzene rings is 2. The van der Waals surface area contributed by atoms with Gasteiger partial charge in [0.25, 0.3) is 0 Å². The first-order valence-electron chi connectivity index (χ1n) is 10.2. The molecule has 5 nitrogen and oxygen atoms in total. The number of hydrogen-bond donors (Lipinski definition) is 0. The molecule has 1 fully saturated rings. The van der Waals surface area contributed by atoms with Crippen molar-refractivity contribution in [2.45, 2.75) is 19.9 Å². The summed E-state index contributed by atoms with van der Waals surface area (Å²) in [5, 5.41) is 7.24. The van der Waals surface area contributed by atoms with Crippen LogP contribution in [0.4, 0.5) is 0 Å². The number of aryl methyl sites for hydroxylation is 1. The monoisotopic (exact) mass is 374 g/mol. The van der Waals surface area contributed by atoms with E-state index in [1.165, 1.54) is 27.5 Å². The van der Waals surface area contributed by atoms with Crippen LogP contribution in [0.5, 0.6) is 0 Å². The maximum Gasteiger partial charge on any atom is 0.0656 e. The Bertz CT molecular complexity index is 1100. The summed E-state index contributed by atoms with van der Waals surface area (Å²) >= 11 is 0. The second-order valence-corrected chi connectivity index (χ2v) is 7.40. The molecule has 0 spiro atoms. The van der Waals surface area contributed by atoms with Crippen molar-refractivity contribution in [3.8, 4) is 5.69 Å². The van der Waals surface area contributed by atoms with Crippen molar-refractivity contribution in [2.75, 3.05) is 32.8 Å². The van der Waals surface area contributed by atoms with Gasteiger partial charge in [-0.05, 0) is 37.3 Å². The maximum absolute atomic E-state index is 5.46. The van der Waals surface area contributed by atoms with Crippen molar-refractivity contribution in [1.29, 1.82) is 0 Å². The topological polar surface area (TPSA) is 35.2 Å². The molecule has 0 aliphatic carbocycles. The third kappa shape index (κ3) is 3.01. The molecule has 28 heavy (non-hydrogen) atoms. The van der Waals surface area contributed by atoms with Crippen molar-refractivity contribution >= 4 is 21.8 Å². The molecule has 1 saturated heterocycles. The molecular formula is C23H26N4O. The minimum atomic E-state index is 0.845. The van der Waals surface area contributed by atoms with Crippen LogP contribution in [0.2, 0.25) is 0 Å². The van der Waals surface area contributed by atoms with Crippen LogP contribution >= 0.6 is 0 Å². The molecular weight excluding hydrogens is 348 g/mol. The molecule has 0 bridgehead atoms. The number of rotatable bonds is 5. The van der Waals surface area contributed by atoms with Crippen LogP contribution in [0.25, 0.3) is 27.5 Å². The van der Waals surface area contributed by atoms with Gasteiger partial charge in [0.15, 0.2) is 0 Å². The van der Waals surface area contributed by atoms with Crippen LogP contribution in [0.3, 0.4) is 0 Å². The number of nitrogens with zero attached hydrogens (tertiary/aromatic N) is 4. The van der Waals surface area contributed by atoms with E-state index in [1.807, 2.05) is 6.20 Å². The molecule has 0 N–H and O–H groups in total. The smallest absolute Gasteiger partial charge is 0.0656 e. The van der Waals surface area contributed by atoms with Crippen LogP contribution in [0.15, 0.2) is 54.7 Å². The second-order valence-electron chi connectivity index (χ2n) is 7.40. The Hall–Kier alpha value is -2.63. The Balaban J connectivity index is 1.50. The van der Waals surface area contributed by atoms with Crippen LogP contribution in [-0.2, 0) is 17.7 Å². The van der Waals surface area contributed by atoms with Gasteiger partial charge in [0.2, 0.25) is 0 Å². The molecule has 2 aromatic heterocycles. The Kier molecular flexibility index (Phi) is 4.63. The van der Waals surface area contributed by atoms with Gasteiger partial charge in [-0.2, -0.15) is 5.10 Å². The van der Waals surface area contributed by atoms with Gasteiger partial charge in [0, 0.05) is 66.3 Å². The standard InChI is InChI=1S/C23H26N4O/c1-2-26-22-6-4-3-5-20(22)21-17-19(7-8-23(21)26)27-18(9-11-24-27)10-12-25-13-15-28-16-14-25/h3-9,11,17H,2,10,12-16H2,1H3. The third-order valence-corrected chi connectivity index (χ3v) is 5.83. The van der Waals surface area contributed by atoms with Crippen LogP contribution in [0.1, 0.15) is 12.6 Å². The highest BCUT2D eigenvalue weighted by molar-refractivity contribution is 6.08. The molecule has 5 rings (SSSR count). The lowest BCUT2D eigenvalue weighted by Crippen LogP contribution is -2.37. The average molecular weight is 374 g/mol. The molecule has 144 valence electrons. The normalized spacial score (nSPS) is 15.6. The fraction of sp³-hybridized carbons (Fsp3) is 0.348. The Morgan fingerprint density at radius 2 is 1.79 bits per heavy atom. The van der Waals surface area contributed by atoms with Gasteiger partial charge in [-0.1, -0.05) is 18.2 Å². The minimum Gasteiger partial charge on any atom is -0.379 e. The molecule has 0 amide bonds. The van der Waals surface area contributed by atoms with Crippen LogP contribution in [-0.4, -0.2) is 52.1 Å². The highest BCUT2D eigenvalue weighted by atomic mass is 16.5. The summed E-state index contributed by atoms with van der Waals surface area (Å²) in [5.41, 5.74) is 4.97. The predicted molar refractivity (Wildman–Crippen MR) is 113 cm³/mol. The molecule has 0 atom stereocenters. The summed E-state index contributed by atoms with van der Waals surface area (Å²) in [5.74, 6) is 0. The highest BCUT2D eigenvalue weighted by Gasteiger charge is 2.14. The number of fused-ring (bicyclic) bond motifs is 3. The largest absolute Gasteiger partial charge is 0.379 e. The summed E-state index contributed by atoms with van der Waals surface area (Å²) in [6, 6.07) is 17.5. The first kappa shape index (κ1) is 17.5. The van der Waals surface area contributed by atoms with Crippen LogP contribution in [0, 0.1) is 0 Å². The van der Waals surface area contributed by atoms with Gasteiger partial charge in [0.05, 0.1) is 18.9 Å². The zero-order valence-electron chi connectivity index (χ0n) is 16.3. The Morgan fingerprint density at radius 1 is 0.964 bits per heavy atom. The molecule has 1 aliphatic heterocycles. The number of hydrogen-bond acceptors (Lipinski definition) is 3. The minimum absolute atomic E-state index is 0.845. The van der Waals surface area contributed by atoms with Crippen molar-refractivity contribution in [2.24, 2.45) is 0 Å². The maximum atomic E-state index is 5.46. The van der Waals surface area contributed by atoms with E-state index >= 15 is 0 Å². The molecule has 2 aromatic carbocycles. The van der Waals surface area contributed by atoms with Gasteiger partial charge < -0.3 is 9.30 Å². The van der Waals surface area contributed by atoms with Gasteiger partial charge in [-0.15, -0.1) is 0 Å². The Labute approximate surface area is 165 Å². The molecule has 4 aromatic rings. The molecule has 0 unspecified atom stereocenters. The lowest BCUT2D eigenvalue weighted by atomic mass is 10.1. The Morgan fingerprint density at radius 3 is 2.64 bits per heavy atom. The first-order valence-corrected chi connectivity index (χ1v) is 10.2. The van der Waals surface area contributed by atoms with Gasteiger partial charge in [-0.3, -0.25) is 4.90 Å². The van der Waals surface area contributed by atoms with Crippen molar-refractivity contribution in [1.82, 2.24) is 19.2 Å². The van der Waals surface area contributed by atoms with E-state index in [2.05, 4.69) is 74.7 Å². The van der Waals surface area contributed by atoms with Crippen LogP contribution < -0.4 is 0 Å². The third-order valence-electron chi connectivity index (χ3n) is 5.83. The second kappa shape index (κ2) is 7.41. The fourth-order valence-electron chi connectivity index (χ4n) is 4.36. The summed E-state index contributed by atoms with van der Waals surface area (Å²) in [7, 11) is 0. The summed E-state index contributed by atoms with van der Waals surface area (Å²) in [4.78, 5) is 2.47. The van der Waals surface area contributed by atoms with E-state index in [0.717, 1.165) is 51.5 Å². The number of para-hydroxylation sites is 1. The predicted octanol–water partition coefficient (Wildman–Crippen LogP) is 3.87. The summed E-state index contributed by atoms with van der Waals surface area (Å²) in [6.45, 7) is 7.96. The quantitative estimate of drug-likeness (QED) is 0.532. The van der Waals surface area contributed by atoms with Gasteiger partial charge >= 0.3 is 0 Å². The average Bonchev–Trinajstić information content (AvgIpc) is 3.35. The van der Waals surface area contributed by atoms with E-state index in [9.17, 15) is 0 Å². The number of aromatic nitrogens is 3.